The van der Waals surface area contributed by atoms with E-state index in [1.54, 1.807) is 25.1 Å². The van der Waals surface area contributed by atoms with Crippen molar-refractivity contribution >= 4 is 37.3 Å². The van der Waals surface area contributed by atoms with Gasteiger partial charge in [0.05, 0.1) is 11.9 Å². The van der Waals surface area contributed by atoms with Gasteiger partial charge in [-0.05, 0) is 41.1 Å². The summed E-state index contributed by atoms with van der Waals surface area (Å²) in [5.41, 5.74) is 6.58. The molecule has 6 nitrogen and oxygen atoms in total. The molecule has 2 aromatic rings. The molecule has 1 aromatic carbocycles. The molecule has 8 heteroatoms. The van der Waals surface area contributed by atoms with Gasteiger partial charge in [-0.1, -0.05) is 0 Å². The first-order valence-electron chi connectivity index (χ1n) is 4.98. The lowest BCUT2D eigenvalue weighted by atomic mass is 10.3. The summed E-state index contributed by atoms with van der Waals surface area (Å²) in [6, 6.07) is 4.79. The Morgan fingerprint density at radius 3 is 2.72 bits per heavy atom. The minimum Gasteiger partial charge on any atom is -0.398 e. The molecular weight excluding hydrogens is 320 g/mol. The van der Waals surface area contributed by atoms with Crippen LogP contribution >= 0.6 is 15.9 Å². The average Bonchev–Trinajstić information content (AvgIpc) is 2.71. The van der Waals surface area contributed by atoms with Crippen LogP contribution < -0.4 is 10.5 Å². The van der Waals surface area contributed by atoms with Gasteiger partial charge in [0.2, 0.25) is 0 Å². The van der Waals surface area contributed by atoms with Crippen LogP contribution in [-0.2, 0) is 10.0 Å². The second-order valence-corrected chi connectivity index (χ2v) is 6.18. The Kier molecular flexibility index (Phi) is 3.31. The number of aromatic nitrogens is 2. The second-order valence-electron chi connectivity index (χ2n) is 3.67. The van der Waals surface area contributed by atoms with E-state index >= 15 is 0 Å². The number of aryl methyl sites for hydroxylation is 1. The number of imidazole rings is 1. The Morgan fingerprint density at radius 1 is 1.44 bits per heavy atom. The summed E-state index contributed by atoms with van der Waals surface area (Å²) in [4.78, 5) is 6.52. The van der Waals surface area contributed by atoms with Crippen molar-refractivity contribution in [2.75, 3.05) is 10.5 Å². The number of aromatic amines is 1. The molecule has 0 aliphatic carbocycles. The molecule has 18 heavy (non-hydrogen) atoms. The van der Waals surface area contributed by atoms with Gasteiger partial charge in [0.1, 0.15) is 5.82 Å². The fourth-order valence-corrected chi connectivity index (χ4v) is 2.74. The third-order valence-corrected chi connectivity index (χ3v) is 4.20. The molecule has 0 atom stereocenters. The summed E-state index contributed by atoms with van der Waals surface area (Å²) in [5.74, 6) is 0.536. The first kappa shape index (κ1) is 12.9. The molecular formula is C10H11BrN4O2S. The number of rotatable bonds is 3. The van der Waals surface area contributed by atoms with E-state index in [-0.39, 0.29) is 5.03 Å². The highest BCUT2D eigenvalue weighted by Gasteiger charge is 2.16. The van der Waals surface area contributed by atoms with Gasteiger partial charge in [-0.3, -0.25) is 4.72 Å². The van der Waals surface area contributed by atoms with Crippen LogP contribution in [0.25, 0.3) is 0 Å². The first-order chi connectivity index (χ1) is 8.38. The summed E-state index contributed by atoms with van der Waals surface area (Å²) in [6.07, 6.45) is 1.27. The third-order valence-electron chi connectivity index (χ3n) is 2.22. The van der Waals surface area contributed by atoms with Crippen LogP contribution in [0.3, 0.4) is 0 Å². The van der Waals surface area contributed by atoms with Crippen molar-refractivity contribution in [2.24, 2.45) is 0 Å². The highest BCUT2D eigenvalue weighted by molar-refractivity contribution is 9.10. The van der Waals surface area contributed by atoms with Gasteiger partial charge in [-0.25, -0.2) is 4.98 Å². The number of nitrogens with zero attached hydrogens (tertiary/aromatic N) is 1. The number of nitrogens with one attached hydrogen (secondary N) is 2. The number of anilines is 2. The summed E-state index contributed by atoms with van der Waals surface area (Å²) >= 11 is 3.23. The van der Waals surface area contributed by atoms with E-state index in [0.717, 1.165) is 0 Å². The molecule has 1 heterocycles. The third kappa shape index (κ3) is 2.65. The molecule has 0 bridgehead atoms. The van der Waals surface area contributed by atoms with Crippen molar-refractivity contribution in [1.29, 1.82) is 0 Å². The average molecular weight is 331 g/mol. The fourth-order valence-electron chi connectivity index (χ4n) is 1.34. The molecule has 0 unspecified atom stereocenters. The molecule has 2 rings (SSSR count). The Balaban J connectivity index is 2.30. The predicted octanol–water partition coefficient (Wildman–Crippen LogP) is 1.86. The molecule has 0 aliphatic rings. The molecule has 0 radical (unpaired) electrons. The SMILES string of the molecule is Cc1ncc(S(=O)(=O)Nc2ccc(N)c(Br)c2)[nH]1. The zero-order valence-electron chi connectivity index (χ0n) is 9.44. The van der Waals surface area contributed by atoms with Crippen LogP contribution in [0.1, 0.15) is 5.82 Å². The number of nitrogens with two attached hydrogens (primary N) is 1. The first-order valence-corrected chi connectivity index (χ1v) is 7.25. The van der Waals surface area contributed by atoms with Crippen molar-refractivity contribution in [1.82, 2.24) is 9.97 Å². The fraction of sp³-hybridized carbons (Fsp3) is 0.100. The number of halogens is 1. The lowest BCUT2D eigenvalue weighted by Crippen LogP contribution is -2.13. The predicted molar refractivity (Wildman–Crippen MR) is 72.7 cm³/mol. The molecule has 0 aliphatic heterocycles. The Morgan fingerprint density at radius 2 is 2.17 bits per heavy atom. The quantitative estimate of drug-likeness (QED) is 0.747. The smallest absolute Gasteiger partial charge is 0.278 e. The highest BCUT2D eigenvalue weighted by atomic mass is 79.9. The topological polar surface area (TPSA) is 101 Å². The van der Waals surface area contributed by atoms with E-state index in [9.17, 15) is 8.42 Å². The number of benzene rings is 1. The lowest BCUT2D eigenvalue weighted by molar-refractivity contribution is 0.598. The standard InChI is InChI=1S/C10H11BrN4O2S/c1-6-13-5-10(14-6)18(16,17)15-7-2-3-9(12)8(11)4-7/h2-5,15H,12H2,1H3,(H,13,14). The maximum Gasteiger partial charge on any atom is 0.278 e. The van der Waals surface area contributed by atoms with Gasteiger partial charge >= 0.3 is 0 Å². The van der Waals surface area contributed by atoms with Crippen LogP contribution in [0.4, 0.5) is 11.4 Å². The maximum absolute atomic E-state index is 12.0. The van der Waals surface area contributed by atoms with Gasteiger partial charge in [0.25, 0.3) is 10.0 Å². The monoisotopic (exact) mass is 330 g/mol. The van der Waals surface area contributed by atoms with E-state index in [2.05, 4.69) is 30.6 Å². The van der Waals surface area contributed by atoms with Crippen molar-refractivity contribution in [3.05, 3.63) is 34.7 Å². The largest absolute Gasteiger partial charge is 0.398 e. The Bertz CT molecular complexity index is 681. The Hall–Kier alpha value is -1.54. The zero-order chi connectivity index (χ0) is 13.3. The number of nitrogen functional groups attached to an aromatic ring is 1. The van der Waals surface area contributed by atoms with E-state index in [4.69, 9.17) is 5.73 Å². The van der Waals surface area contributed by atoms with E-state index in [1.165, 1.54) is 6.20 Å². The normalized spacial score (nSPS) is 11.4. The summed E-state index contributed by atoms with van der Waals surface area (Å²) in [6.45, 7) is 1.68. The molecule has 0 saturated carbocycles. The minimum atomic E-state index is -3.65. The summed E-state index contributed by atoms with van der Waals surface area (Å²) in [5, 5.41) is 0.0212. The van der Waals surface area contributed by atoms with Crippen LogP contribution in [0.15, 0.2) is 33.9 Å². The van der Waals surface area contributed by atoms with Crippen LogP contribution in [0.5, 0.6) is 0 Å². The van der Waals surface area contributed by atoms with Crippen LogP contribution in [0.2, 0.25) is 0 Å². The highest BCUT2D eigenvalue weighted by Crippen LogP contribution is 2.24. The number of hydrogen-bond acceptors (Lipinski definition) is 4. The zero-order valence-corrected chi connectivity index (χ0v) is 11.8. The second kappa shape index (κ2) is 4.62. The van der Waals surface area contributed by atoms with Gasteiger partial charge in [-0.15, -0.1) is 0 Å². The van der Waals surface area contributed by atoms with Crippen molar-refractivity contribution < 1.29 is 8.42 Å². The molecule has 0 fully saturated rings. The van der Waals surface area contributed by atoms with Gasteiger partial charge in [-0.2, -0.15) is 8.42 Å². The van der Waals surface area contributed by atoms with Gasteiger partial charge < -0.3 is 10.7 Å². The van der Waals surface area contributed by atoms with Gasteiger partial charge in [0, 0.05) is 10.2 Å². The van der Waals surface area contributed by atoms with E-state index < -0.39 is 10.0 Å². The molecule has 0 spiro atoms. The molecule has 1 aromatic heterocycles. The number of sulfonamides is 1. The van der Waals surface area contributed by atoms with Gasteiger partial charge in [0.15, 0.2) is 5.03 Å². The van der Waals surface area contributed by atoms with Crippen molar-refractivity contribution in [3.63, 3.8) is 0 Å². The molecule has 0 saturated heterocycles. The molecule has 96 valence electrons. The van der Waals surface area contributed by atoms with E-state index in [1.807, 2.05) is 0 Å². The number of hydrogen-bond donors (Lipinski definition) is 3. The minimum absolute atomic E-state index is 0.0212. The molecule has 0 amide bonds. The summed E-state index contributed by atoms with van der Waals surface area (Å²) < 4.78 is 27.0. The van der Waals surface area contributed by atoms with Crippen molar-refractivity contribution in [3.8, 4) is 0 Å². The summed E-state index contributed by atoms with van der Waals surface area (Å²) in [7, 11) is -3.65. The van der Waals surface area contributed by atoms with Crippen molar-refractivity contribution in [2.45, 2.75) is 11.9 Å². The van der Waals surface area contributed by atoms with E-state index in [0.29, 0.717) is 21.7 Å². The van der Waals surface area contributed by atoms with Crippen LogP contribution in [0, 0.1) is 6.92 Å². The lowest BCUT2D eigenvalue weighted by Gasteiger charge is -2.07. The van der Waals surface area contributed by atoms with Crippen LogP contribution in [-0.4, -0.2) is 18.4 Å². The Labute approximate surface area is 113 Å². The molecule has 4 N–H and O–H groups in total. The number of H-pyrrole nitrogens is 1. The maximum atomic E-state index is 12.0.